The highest BCUT2D eigenvalue weighted by atomic mass is 79.9. The van der Waals surface area contributed by atoms with Crippen molar-refractivity contribution in [3.63, 3.8) is 0 Å². The van der Waals surface area contributed by atoms with Gasteiger partial charge in [0.1, 0.15) is 0 Å². The molecule has 1 atom stereocenters. The average molecular weight is 282 g/mol. The number of benzene rings is 1. The fourth-order valence-corrected chi connectivity index (χ4v) is 1.80. The number of anilines is 1. The Bertz CT molecular complexity index is 380. The van der Waals surface area contributed by atoms with Crippen molar-refractivity contribution in [2.75, 3.05) is 11.9 Å². The summed E-state index contributed by atoms with van der Waals surface area (Å²) in [6.45, 7) is -0.257. The first-order chi connectivity index (χ1) is 6.98. The van der Waals surface area contributed by atoms with Crippen molar-refractivity contribution in [1.29, 1.82) is 0 Å². The number of nitrogens with one attached hydrogen (secondary N) is 1. The first kappa shape index (κ1) is 10.6. The molecule has 0 spiro atoms. The molecule has 1 aromatic rings. The van der Waals surface area contributed by atoms with Gasteiger partial charge in [0.05, 0.1) is 16.7 Å². The molecule has 0 saturated carbocycles. The highest BCUT2D eigenvalue weighted by Gasteiger charge is 2.43. The Hall–Kier alpha value is -0.910. The van der Waals surface area contributed by atoms with Crippen LogP contribution in [0.15, 0.2) is 22.7 Å². The van der Waals surface area contributed by atoms with Gasteiger partial charge in [-0.1, -0.05) is 6.07 Å². The molecule has 0 fully saturated rings. The Kier molecular flexibility index (Phi) is 2.54. The van der Waals surface area contributed by atoms with Crippen LogP contribution in [0.1, 0.15) is 0 Å². The molecule has 6 heteroatoms. The zero-order chi connectivity index (χ0) is 11.1. The van der Waals surface area contributed by atoms with Crippen LogP contribution in [0.4, 0.5) is 18.9 Å². The van der Waals surface area contributed by atoms with E-state index in [-0.39, 0.29) is 12.3 Å². The summed E-state index contributed by atoms with van der Waals surface area (Å²) in [4.78, 5) is 0. The molecule has 2 nitrogen and oxygen atoms in total. The van der Waals surface area contributed by atoms with E-state index in [1.54, 1.807) is 18.2 Å². The molecule has 82 valence electrons. The van der Waals surface area contributed by atoms with Gasteiger partial charge in [0.15, 0.2) is 5.75 Å². The largest absolute Gasteiger partial charge is 0.476 e. The van der Waals surface area contributed by atoms with Crippen molar-refractivity contribution in [1.82, 2.24) is 0 Å². The van der Waals surface area contributed by atoms with E-state index in [1.165, 1.54) is 0 Å². The molecule has 0 aliphatic carbocycles. The third-order valence-electron chi connectivity index (χ3n) is 2.07. The molecule has 1 unspecified atom stereocenters. The minimum Gasteiger partial charge on any atom is -0.476 e. The lowest BCUT2D eigenvalue weighted by molar-refractivity contribution is -0.191. The van der Waals surface area contributed by atoms with Crippen LogP contribution >= 0.6 is 15.9 Å². The summed E-state index contributed by atoms with van der Waals surface area (Å²) in [6, 6.07) is 5.04. The second-order valence-corrected chi connectivity index (χ2v) is 4.00. The van der Waals surface area contributed by atoms with E-state index in [0.29, 0.717) is 10.2 Å². The second kappa shape index (κ2) is 3.59. The Morgan fingerprint density at radius 3 is 2.80 bits per heavy atom. The van der Waals surface area contributed by atoms with Crippen LogP contribution in [0.3, 0.4) is 0 Å². The van der Waals surface area contributed by atoms with E-state index >= 15 is 0 Å². The molecule has 0 saturated heterocycles. The molecule has 0 aromatic heterocycles. The van der Waals surface area contributed by atoms with Crippen LogP contribution < -0.4 is 10.1 Å². The minimum absolute atomic E-state index is 0.214. The lowest BCUT2D eigenvalue weighted by atomic mass is 10.2. The number of hydrogen-bond donors (Lipinski definition) is 1. The number of fused-ring (bicyclic) bond motifs is 1. The number of para-hydroxylation sites is 1. The van der Waals surface area contributed by atoms with Gasteiger partial charge < -0.3 is 10.1 Å². The van der Waals surface area contributed by atoms with Crippen molar-refractivity contribution in [2.24, 2.45) is 0 Å². The molecule has 0 radical (unpaired) electrons. The monoisotopic (exact) mass is 281 g/mol. The molecular weight excluding hydrogens is 275 g/mol. The zero-order valence-electron chi connectivity index (χ0n) is 7.44. The molecule has 1 heterocycles. The van der Waals surface area contributed by atoms with Crippen molar-refractivity contribution in [3.05, 3.63) is 22.7 Å². The number of halogens is 4. The van der Waals surface area contributed by atoms with Crippen molar-refractivity contribution in [3.8, 4) is 5.75 Å². The highest BCUT2D eigenvalue weighted by molar-refractivity contribution is 9.10. The summed E-state index contributed by atoms with van der Waals surface area (Å²) in [5, 5.41) is 2.69. The summed E-state index contributed by atoms with van der Waals surface area (Å²) in [5.74, 6) is 0.214. The lowest BCUT2D eigenvalue weighted by Gasteiger charge is -2.29. The van der Waals surface area contributed by atoms with Crippen molar-refractivity contribution >= 4 is 21.6 Å². The molecule has 0 bridgehead atoms. The predicted octanol–water partition coefficient (Wildman–Crippen LogP) is 3.18. The van der Waals surface area contributed by atoms with E-state index in [2.05, 4.69) is 21.2 Å². The van der Waals surface area contributed by atoms with Gasteiger partial charge in [-0.25, -0.2) is 0 Å². The first-order valence-electron chi connectivity index (χ1n) is 4.24. The van der Waals surface area contributed by atoms with Crippen LogP contribution in [0.5, 0.6) is 5.75 Å². The van der Waals surface area contributed by atoms with Crippen LogP contribution in [0.2, 0.25) is 0 Å². The molecule has 1 N–H and O–H groups in total. The Morgan fingerprint density at radius 2 is 2.13 bits per heavy atom. The van der Waals surface area contributed by atoms with E-state index in [1.807, 2.05) is 0 Å². The number of hydrogen-bond acceptors (Lipinski definition) is 2. The average Bonchev–Trinajstić information content (AvgIpc) is 2.16. The molecule has 1 aliphatic heterocycles. The summed E-state index contributed by atoms with van der Waals surface area (Å²) in [5.41, 5.74) is 0.574. The maximum atomic E-state index is 12.4. The standard InChI is InChI=1S/C9H7BrF3NO/c10-5-2-1-3-6-8(5)15-7(4-14-6)9(11,12)13/h1-3,7,14H,4H2. The van der Waals surface area contributed by atoms with E-state index in [0.717, 1.165) is 0 Å². The predicted molar refractivity (Wildman–Crippen MR) is 53.1 cm³/mol. The Balaban J connectivity index is 2.30. The fraction of sp³-hybridized carbons (Fsp3) is 0.333. The van der Waals surface area contributed by atoms with Gasteiger partial charge in [-0.05, 0) is 28.1 Å². The molecule has 1 aromatic carbocycles. The molecule has 2 rings (SSSR count). The fourth-order valence-electron chi connectivity index (χ4n) is 1.34. The number of ether oxygens (including phenoxy) is 1. The first-order valence-corrected chi connectivity index (χ1v) is 5.03. The third kappa shape index (κ3) is 2.04. The number of rotatable bonds is 0. The van der Waals surface area contributed by atoms with Gasteiger partial charge in [0, 0.05) is 0 Å². The molecule has 0 amide bonds. The van der Waals surface area contributed by atoms with Gasteiger partial charge in [0.25, 0.3) is 0 Å². The maximum absolute atomic E-state index is 12.4. The van der Waals surface area contributed by atoms with Crippen LogP contribution in [0.25, 0.3) is 0 Å². The summed E-state index contributed by atoms with van der Waals surface area (Å²) in [6.07, 6.45) is -6.14. The van der Waals surface area contributed by atoms with Crippen molar-refractivity contribution in [2.45, 2.75) is 12.3 Å². The summed E-state index contributed by atoms with van der Waals surface area (Å²) in [7, 11) is 0. The van der Waals surface area contributed by atoms with Gasteiger partial charge in [-0.3, -0.25) is 0 Å². The molecule has 15 heavy (non-hydrogen) atoms. The molecule has 1 aliphatic rings. The Morgan fingerprint density at radius 1 is 1.40 bits per heavy atom. The third-order valence-corrected chi connectivity index (χ3v) is 2.69. The normalized spacial score (nSPS) is 20.1. The SMILES string of the molecule is FC(F)(F)C1CNc2cccc(Br)c2O1. The topological polar surface area (TPSA) is 21.3 Å². The number of alkyl halides is 3. The minimum atomic E-state index is -4.35. The van der Waals surface area contributed by atoms with Crippen LogP contribution in [-0.4, -0.2) is 18.8 Å². The summed E-state index contributed by atoms with van der Waals surface area (Å²) < 4.78 is 42.6. The zero-order valence-corrected chi connectivity index (χ0v) is 9.02. The maximum Gasteiger partial charge on any atom is 0.427 e. The summed E-state index contributed by atoms with van der Waals surface area (Å²) >= 11 is 3.14. The van der Waals surface area contributed by atoms with Gasteiger partial charge >= 0.3 is 6.18 Å². The van der Waals surface area contributed by atoms with E-state index in [9.17, 15) is 13.2 Å². The van der Waals surface area contributed by atoms with Crippen LogP contribution in [-0.2, 0) is 0 Å². The molecular formula is C9H7BrF3NO. The van der Waals surface area contributed by atoms with Gasteiger partial charge in [0.2, 0.25) is 6.10 Å². The van der Waals surface area contributed by atoms with E-state index < -0.39 is 12.3 Å². The van der Waals surface area contributed by atoms with Gasteiger partial charge in [-0.15, -0.1) is 0 Å². The highest BCUT2D eigenvalue weighted by Crippen LogP contribution is 2.39. The second-order valence-electron chi connectivity index (χ2n) is 3.15. The van der Waals surface area contributed by atoms with Gasteiger partial charge in [-0.2, -0.15) is 13.2 Å². The lowest BCUT2D eigenvalue weighted by Crippen LogP contribution is -2.42. The van der Waals surface area contributed by atoms with Crippen LogP contribution in [0, 0.1) is 0 Å². The quantitative estimate of drug-likeness (QED) is 0.789. The smallest absolute Gasteiger partial charge is 0.427 e. The van der Waals surface area contributed by atoms with Crippen molar-refractivity contribution < 1.29 is 17.9 Å². The van der Waals surface area contributed by atoms with E-state index in [4.69, 9.17) is 4.74 Å². The Labute approximate surface area is 92.5 Å².